The monoisotopic (exact) mass is 438 g/mol. The molecule has 0 bridgehead atoms. The van der Waals surface area contributed by atoms with E-state index < -0.39 is 36.4 Å². The summed E-state index contributed by atoms with van der Waals surface area (Å²) in [6.07, 6.45) is 0.543. The Morgan fingerprint density at radius 2 is 1.12 bits per heavy atom. The van der Waals surface area contributed by atoms with Gasteiger partial charge in [0.1, 0.15) is 0 Å². The maximum absolute atomic E-state index is 6.86. The van der Waals surface area contributed by atoms with E-state index in [4.69, 9.17) is 21.2 Å². The zero-order chi connectivity index (χ0) is 20.3. The van der Waals surface area contributed by atoms with Crippen molar-refractivity contribution in [3.8, 4) is 0 Å². The van der Waals surface area contributed by atoms with Gasteiger partial charge in [-0.25, -0.2) is 0 Å². The molecule has 0 spiro atoms. The number of ether oxygens (including phenoxy) is 1. The molecule has 1 heterocycles. The highest BCUT2D eigenvalue weighted by Crippen LogP contribution is 2.34. The van der Waals surface area contributed by atoms with Gasteiger partial charge in [-0.15, -0.1) is 0 Å². The van der Waals surface area contributed by atoms with E-state index >= 15 is 0 Å². The summed E-state index contributed by atoms with van der Waals surface area (Å²) in [6.45, 7) is 23.9. The lowest BCUT2D eigenvalue weighted by Gasteiger charge is -2.45. The van der Waals surface area contributed by atoms with Crippen LogP contribution in [0.4, 0.5) is 0 Å². The van der Waals surface area contributed by atoms with E-state index in [0.717, 1.165) is 0 Å². The van der Waals surface area contributed by atoms with Crippen LogP contribution in [0, 0.1) is 0 Å². The number of hydrogen-bond acceptors (Lipinski definition) is 5. The van der Waals surface area contributed by atoms with Crippen molar-refractivity contribution in [3.63, 3.8) is 0 Å². The van der Waals surface area contributed by atoms with Crippen molar-refractivity contribution in [1.82, 2.24) is 0 Å². The second-order valence-electron chi connectivity index (χ2n) is 9.71. The van der Waals surface area contributed by atoms with Crippen molar-refractivity contribution >= 4 is 36.4 Å². The fraction of sp³-hybridized carbons (Fsp3) is 1.00. The van der Waals surface area contributed by atoms with Crippen molar-refractivity contribution in [3.05, 3.63) is 0 Å². The molecule has 0 aromatic heterocycles. The van der Waals surface area contributed by atoms with Crippen LogP contribution in [0.2, 0.25) is 22.2 Å². The summed E-state index contributed by atoms with van der Waals surface area (Å²) in [5.74, 6) is 0. The zero-order valence-corrected chi connectivity index (χ0v) is 23.3. The molecule has 1 aliphatic heterocycles. The molecule has 1 aliphatic rings. The van der Waals surface area contributed by atoms with Crippen LogP contribution in [0.3, 0.4) is 0 Å². The zero-order valence-electron chi connectivity index (χ0n) is 18.8. The van der Waals surface area contributed by atoms with Crippen LogP contribution in [-0.2, 0) is 21.2 Å². The largest absolute Gasteiger partial charge is 0.420 e. The van der Waals surface area contributed by atoms with Crippen molar-refractivity contribution in [1.29, 1.82) is 0 Å². The Morgan fingerprint density at radius 3 is 1.38 bits per heavy atom. The predicted octanol–water partition coefficient (Wildman–Crippen LogP) is 4.16. The smallest absolute Gasteiger partial charge is 0.349 e. The summed E-state index contributed by atoms with van der Waals surface area (Å²) in [5.41, 5.74) is 1.26. The van der Waals surface area contributed by atoms with Crippen LogP contribution in [0.15, 0.2) is 0 Å². The van der Waals surface area contributed by atoms with E-state index in [-0.39, 0.29) is 11.1 Å². The standard InChI is InChI=1S/C17H42O5Si4/c1-13(2)23-19-24(14(3)4)21-26(16(7)8,12-18-17(9,10)11)22-25(20-23)15(5)6/h13-16,23-25H,12H2,1-11H3. The topological polar surface area (TPSA) is 46.2 Å². The van der Waals surface area contributed by atoms with Gasteiger partial charge in [0.2, 0.25) is 0 Å². The van der Waals surface area contributed by atoms with Crippen LogP contribution in [0.25, 0.3) is 0 Å². The average molecular weight is 439 g/mol. The molecule has 0 amide bonds. The Bertz CT molecular complexity index is 406. The first-order valence-corrected chi connectivity index (χ1v) is 17.0. The summed E-state index contributed by atoms with van der Waals surface area (Å²) in [7, 11) is -8.18. The highest BCUT2D eigenvalue weighted by molar-refractivity contribution is 6.83. The molecule has 5 nitrogen and oxygen atoms in total. The van der Waals surface area contributed by atoms with Crippen molar-refractivity contribution in [2.45, 2.75) is 104 Å². The molecule has 0 saturated carbocycles. The third-order valence-electron chi connectivity index (χ3n) is 4.39. The highest BCUT2D eigenvalue weighted by atomic mass is 28.5. The van der Waals surface area contributed by atoms with E-state index in [1.54, 1.807) is 0 Å². The van der Waals surface area contributed by atoms with E-state index in [2.05, 4.69) is 76.2 Å². The Hall–Kier alpha value is 0.668. The van der Waals surface area contributed by atoms with Gasteiger partial charge in [0, 0.05) is 0 Å². The minimum absolute atomic E-state index is 0.218. The van der Waals surface area contributed by atoms with Gasteiger partial charge in [-0.05, 0) is 42.9 Å². The third-order valence-corrected chi connectivity index (χ3v) is 19.3. The molecule has 1 rings (SSSR count). The van der Waals surface area contributed by atoms with Crippen LogP contribution < -0.4 is 0 Å². The van der Waals surface area contributed by atoms with Gasteiger partial charge >= 0.3 is 36.4 Å². The van der Waals surface area contributed by atoms with Crippen LogP contribution >= 0.6 is 0 Å². The second kappa shape index (κ2) is 9.93. The van der Waals surface area contributed by atoms with Crippen LogP contribution in [-0.4, -0.2) is 48.2 Å². The summed E-state index contributed by atoms with van der Waals surface area (Å²) in [4.78, 5) is 0. The van der Waals surface area contributed by atoms with E-state index in [1.807, 2.05) is 0 Å². The first kappa shape index (κ1) is 24.7. The molecule has 156 valence electrons. The Kier molecular flexibility index (Phi) is 9.43. The van der Waals surface area contributed by atoms with Gasteiger partial charge in [0.05, 0.1) is 11.8 Å². The second-order valence-corrected chi connectivity index (χ2v) is 23.1. The maximum atomic E-state index is 6.86. The van der Waals surface area contributed by atoms with Crippen molar-refractivity contribution in [2.24, 2.45) is 0 Å². The summed E-state index contributed by atoms with van der Waals surface area (Å²) in [6, 6.07) is 0. The number of hydrogen-bond donors (Lipinski definition) is 0. The molecule has 9 heteroatoms. The Balaban J connectivity index is 3.23. The summed E-state index contributed by atoms with van der Waals surface area (Å²) in [5, 5.41) is 0. The molecule has 0 aromatic carbocycles. The predicted molar refractivity (Wildman–Crippen MR) is 118 cm³/mol. The summed E-state index contributed by atoms with van der Waals surface area (Å²) >= 11 is 0. The van der Waals surface area contributed by atoms with E-state index in [1.165, 1.54) is 0 Å². The summed E-state index contributed by atoms with van der Waals surface area (Å²) < 4.78 is 33.1. The average Bonchev–Trinajstić information content (AvgIpc) is 2.44. The normalized spacial score (nSPS) is 31.7. The quantitative estimate of drug-likeness (QED) is 0.583. The lowest BCUT2D eigenvalue weighted by Crippen LogP contribution is -2.62. The van der Waals surface area contributed by atoms with Gasteiger partial charge < -0.3 is 21.2 Å². The number of rotatable bonds is 6. The fourth-order valence-electron chi connectivity index (χ4n) is 2.50. The van der Waals surface area contributed by atoms with E-state index in [0.29, 0.717) is 22.9 Å². The third kappa shape index (κ3) is 7.25. The highest BCUT2D eigenvalue weighted by Gasteiger charge is 2.51. The molecule has 2 atom stereocenters. The molecule has 26 heavy (non-hydrogen) atoms. The first-order chi connectivity index (χ1) is 11.8. The lowest BCUT2D eigenvalue weighted by atomic mass is 10.2. The SMILES string of the molecule is CC(C)[SiH]1O[SiH](C(C)C)O[Si](COC(C)(C)C)(C(C)C)O[SiH](C(C)C)O1. The molecule has 2 unspecified atom stereocenters. The van der Waals surface area contributed by atoms with Gasteiger partial charge in [0.15, 0.2) is 0 Å². The molecular weight excluding hydrogens is 397 g/mol. The lowest BCUT2D eigenvalue weighted by molar-refractivity contribution is 0.00866. The van der Waals surface area contributed by atoms with Gasteiger partial charge in [0.25, 0.3) is 0 Å². The molecule has 0 N–H and O–H groups in total. The molecule has 0 aliphatic carbocycles. The van der Waals surface area contributed by atoms with E-state index in [9.17, 15) is 0 Å². The molecule has 0 aromatic rings. The van der Waals surface area contributed by atoms with Crippen LogP contribution in [0.1, 0.15) is 76.2 Å². The molecule has 0 radical (unpaired) electrons. The van der Waals surface area contributed by atoms with Gasteiger partial charge in [-0.2, -0.15) is 0 Å². The minimum atomic E-state index is -2.60. The molecule has 1 fully saturated rings. The van der Waals surface area contributed by atoms with Gasteiger partial charge in [-0.3, -0.25) is 0 Å². The van der Waals surface area contributed by atoms with Crippen molar-refractivity contribution in [2.75, 3.05) is 6.23 Å². The first-order valence-electron chi connectivity index (χ1n) is 10.1. The molecular formula is C17H42O5Si4. The van der Waals surface area contributed by atoms with Crippen LogP contribution in [0.5, 0.6) is 0 Å². The molecule has 1 saturated heterocycles. The fourth-order valence-corrected chi connectivity index (χ4v) is 21.7. The van der Waals surface area contributed by atoms with Crippen molar-refractivity contribution < 1.29 is 21.2 Å². The Morgan fingerprint density at radius 1 is 0.731 bits per heavy atom. The Labute approximate surface area is 167 Å². The minimum Gasteiger partial charge on any atom is -0.420 e. The van der Waals surface area contributed by atoms with Gasteiger partial charge in [-0.1, -0.05) is 55.4 Å². The maximum Gasteiger partial charge on any atom is 0.349 e.